The molecule has 0 aliphatic carbocycles. The SMILES string of the molecule is COc1cc(CNCC2CCCO2)ccc1OCc1ccc(F)cc1.Cl. The van der Waals surface area contributed by atoms with E-state index in [1.54, 1.807) is 19.2 Å². The summed E-state index contributed by atoms with van der Waals surface area (Å²) in [6.45, 7) is 2.87. The number of ether oxygens (including phenoxy) is 3. The molecule has 0 bridgehead atoms. The maximum Gasteiger partial charge on any atom is 0.161 e. The Morgan fingerprint density at radius 1 is 1.12 bits per heavy atom. The lowest BCUT2D eigenvalue weighted by Crippen LogP contribution is -2.25. The van der Waals surface area contributed by atoms with Gasteiger partial charge in [-0.2, -0.15) is 0 Å². The molecule has 142 valence electrons. The molecule has 2 aromatic carbocycles. The number of hydrogen-bond acceptors (Lipinski definition) is 4. The van der Waals surface area contributed by atoms with Gasteiger partial charge >= 0.3 is 0 Å². The van der Waals surface area contributed by atoms with E-state index in [0.717, 1.165) is 43.7 Å². The molecule has 26 heavy (non-hydrogen) atoms. The molecule has 3 rings (SSSR count). The van der Waals surface area contributed by atoms with Crippen LogP contribution in [0, 0.1) is 5.82 Å². The molecule has 1 saturated heterocycles. The Morgan fingerprint density at radius 2 is 1.88 bits per heavy atom. The summed E-state index contributed by atoms with van der Waals surface area (Å²) >= 11 is 0. The van der Waals surface area contributed by atoms with Crippen molar-refractivity contribution in [3.8, 4) is 11.5 Å². The van der Waals surface area contributed by atoms with Crippen molar-refractivity contribution in [2.45, 2.75) is 32.1 Å². The van der Waals surface area contributed by atoms with Crippen LogP contribution in [0.4, 0.5) is 4.39 Å². The van der Waals surface area contributed by atoms with E-state index in [4.69, 9.17) is 14.2 Å². The second-order valence-electron chi connectivity index (χ2n) is 6.17. The van der Waals surface area contributed by atoms with Gasteiger partial charge in [-0.3, -0.25) is 0 Å². The van der Waals surface area contributed by atoms with Gasteiger partial charge in [-0.1, -0.05) is 18.2 Å². The van der Waals surface area contributed by atoms with Crippen molar-refractivity contribution in [3.63, 3.8) is 0 Å². The number of halogens is 2. The molecule has 6 heteroatoms. The predicted octanol–water partition coefficient (Wildman–Crippen LogP) is 4.10. The quantitative estimate of drug-likeness (QED) is 0.747. The van der Waals surface area contributed by atoms with Gasteiger partial charge < -0.3 is 19.5 Å². The first-order chi connectivity index (χ1) is 12.2. The summed E-state index contributed by atoms with van der Waals surface area (Å²) in [6, 6.07) is 12.2. The average molecular weight is 382 g/mol. The van der Waals surface area contributed by atoms with Crippen LogP contribution >= 0.6 is 12.4 Å². The summed E-state index contributed by atoms with van der Waals surface area (Å²) < 4.78 is 29.8. The second-order valence-corrected chi connectivity index (χ2v) is 6.17. The molecule has 1 atom stereocenters. The molecule has 4 nitrogen and oxygen atoms in total. The Hall–Kier alpha value is -1.82. The maximum absolute atomic E-state index is 12.9. The molecule has 0 aromatic heterocycles. The first-order valence-electron chi connectivity index (χ1n) is 8.61. The van der Waals surface area contributed by atoms with Crippen molar-refractivity contribution in [2.24, 2.45) is 0 Å². The lowest BCUT2D eigenvalue weighted by Gasteiger charge is -2.14. The van der Waals surface area contributed by atoms with Gasteiger partial charge in [-0.25, -0.2) is 4.39 Å². The van der Waals surface area contributed by atoms with Crippen molar-refractivity contribution < 1.29 is 18.6 Å². The highest BCUT2D eigenvalue weighted by Gasteiger charge is 2.14. The zero-order chi connectivity index (χ0) is 17.5. The Morgan fingerprint density at radius 3 is 2.58 bits per heavy atom. The Bertz CT molecular complexity index is 675. The molecule has 0 radical (unpaired) electrons. The molecular formula is C20H25ClFNO3. The van der Waals surface area contributed by atoms with Crippen molar-refractivity contribution in [3.05, 3.63) is 59.4 Å². The van der Waals surface area contributed by atoms with E-state index in [2.05, 4.69) is 5.32 Å². The predicted molar refractivity (Wildman–Crippen MR) is 102 cm³/mol. The average Bonchev–Trinajstić information content (AvgIpc) is 3.15. The highest BCUT2D eigenvalue weighted by atomic mass is 35.5. The minimum absolute atomic E-state index is 0. The first kappa shape index (κ1) is 20.5. The number of rotatable bonds is 8. The Kier molecular flexibility index (Phi) is 8.16. The van der Waals surface area contributed by atoms with E-state index < -0.39 is 0 Å². The van der Waals surface area contributed by atoms with Gasteiger partial charge in [0.05, 0.1) is 13.2 Å². The van der Waals surface area contributed by atoms with E-state index in [9.17, 15) is 4.39 Å². The lowest BCUT2D eigenvalue weighted by atomic mass is 10.2. The van der Waals surface area contributed by atoms with E-state index in [0.29, 0.717) is 24.2 Å². The van der Waals surface area contributed by atoms with Crippen molar-refractivity contribution in [1.82, 2.24) is 5.32 Å². The van der Waals surface area contributed by atoms with Crippen LogP contribution in [0.5, 0.6) is 11.5 Å². The second kappa shape index (κ2) is 10.4. The van der Waals surface area contributed by atoms with Gasteiger partial charge in [0.2, 0.25) is 0 Å². The standard InChI is InChI=1S/C20H24FNO3.ClH/c1-23-20-11-16(12-22-13-18-3-2-10-24-18)6-9-19(20)25-14-15-4-7-17(21)8-5-15;/h4-9,11,18,22H,2-3,10,12-14H2,1H3;1H. The summed E-state index contributed by atoms with van der Waals surface area (Å²) in [5.74, 6) is 1.12. The summed E-state index contributed by atoms with van der Waals surface area (Å²) in [5, 5.41) is 3.42. The van der Waals surface area contributed by atoms with Gasteiger partial charge in [0.15, 0.2) is 11.5 Å². The molecule has 1 unspecified atom stereocenters. The number of benzene rings is 2. The van der Waals surface area contributed by atoms with Crippen LogP contribution in [-0.2, 0) is 17.9 Å². The van der Waals surface area contributed by atoms with Gasteiger partial charge in [0.1, 0.15) is 12.4 Å². The highest BCUT2D eigenvalue weighted by Crippen LogP contribution is 2.29. The Labute approximate surface area is 160 Å². The van der Waals surface area contributed by atoms with Crippen LogP contribution < -0.4 is 14.8 Å². The highest BCUT2D eigenvalue weighted by molar-refractivity contribution is 5.85. The monoisotopic (exact) mass is 381 g/mol. The van der Waals surface area contributed by atoms with Crippen LogP contribution in [0.3, 0.4) is 0 Å². The van der Waals surface area contributed by atoms with Crippen LogP contribution in [0.1, 0.15) is 24.0 Å². The number of nitrogens with one attached hydrogen (secondary N) is 1. The summed E-state index contributed by atoms with van der Waals surface area (Å²) in [7, 11) is 1.63. The fraction of sp³-hybridized carbons (Fsp3) is 0.400. The van der Waals surface area contributed by atoms with Gasteiger partial charge in [-0.05, 0) is 48.2 Å². The van der Waals surface area contributed by atoms with Gasteiger partial charge in [-0.15, -0.1) is 12.4 Å². The van der Waals surface area contributed by atoms with Gasteiger partial charge in [0.25, 0.3) is 0 Å². The summed E-state index contributed by atoms with van der Waals surface area (Å²) in [4.78, 5) is 0. The smallest absolute Gasteiger partial charge is 0.161 e. The van der Waals surface area contributed by atoms with Crippen LogP contribution in [0.15, 0.2) is 42.5 Å². The molecule has 0 spiro atoms. The molecule has 0 saturated carbocycles. The molecule has 1 N–H and O–H groups in total. The zero-order valence-electron chi connectivity index (χ0n) is 14.9. The van der Waals surface area contributed by atoms with E-state index in [1.165, 1.54) is 12.1 Å². The van der Waals surface area contributed by atoms with E-state index in [1.807, 2.05) is 18.2 Å². The molecular weight excluding hydrogens is 357 g/mol. The lowest BCUT2D eigenvalue weighted by molar-refractivity contribution is 0.110. The normalized spacial score (nSPS) is 16.2. The summed E-state index contributed by atoms with van der Waals surface area (Å²) in [5.41, 5.74) is 2.04. The van der Waals surface area contributed by atoms with E-state index in [-0.39, 0.29) is 18.2 Å². The Balaban J connectivity index is 0.00000243. The molecule has 2 aromatic rings. The molecule has 1 fully saturated rings. The minimum Gasteiger partial charge on any atom is -0.493 e. The van der Waals surface area contributed by atoms with Crippen LogP contribution in [-0.4, -0.2) is 26.4 Å². The third kappa shape index (κ3) is 5.87. The molecule has 0 amide bonds. The number of hydrogen-bond donors (Lipinski definition) is 1. The molecule has 1 aliphatic heterocycles. The largest absolute Gasteiger partial charge is 0.493 e. The third-order valence-electron chi connectivity index (χ3n) is 4.26. The fourth-order valence-electron chi connectivity index (χ4n) is 2.87. The van der Waals surface area contributed by atoms with Crippen LogP contribution in [0.2, 0.25) is 0 Å². The number of methoxy groups -OCH3 is 1. The van der Waals surface area contributed by atoms with E-state index >= 15 is 0 Å². The topological polar surface area (TPSA) is 39.7 Å². The maximum atomic E-state index is 12.9. The fourth-order valence-corrected chi connectivity index (χ4v) is 2.87. The molecule has 1 aliphatic rings. The third-order valence-corrected chi connectivity index (χ3v) is 4.26. The first-order valence-corrected chi connectivity index (χ1v) is 8.61. The zero-order valence-corrected chi connectivity index (χ0v) is 15.7. The minimum atomic E-state index is -0.249. The van der Waals surface area contributed by atoms with Crippen LogP contribution in [0.25, 0.3) is 0 Å². The van der Waals surface area contributed by atoms with Crippen molar-refractivity contribution in [2.75, 3.05) is 20.3 Å². The van der Waals surface area contributed by atoms with Gasteiger partial charge in [0, 0.05) is 19.7 Å². The van der Waals surface area contributed by atoms with Crippen molar-refractivity contribution in [1.29, 1.82) is 0 Å². The van der Waals surface area contributed by atoms with Crippen molar-refractivity contribution >= 4 is 12.4 Å². The molecule has 1 heterocycles. The summed E-state index contributed by atoms with van der Waals surface area (Å²) in [6.07, 6.45) is 2.62.